The lowest BCUT2D eigenvalue weighted by molar-refractivity contribution is 0.299. The van der Waals surface area contributed by atoms with Gasteiger partial charge in [0.25, 0.3) is 0 Å². The Morgan fingerprint density at radius 1 is 1.32 bits per heavy atom. The second-order valence-corrected chi connectivity index (χ2v) is 5.92. The Kier molecular flexibility index (Phi) is 4.58. The molecule has 1 aliphatic rings. The maximum Gasteiger partial charge on any atom is 0.151 e. The lowest BCUT2D eigenvalue weighted by Gasteiger charge is -2.29. The van der Waals surface area contributed by atoms with Crippen molar-refractivity contribution in [1.29, 1.82) is 0 Å². The molecule has 6 nitrogen and oxygen atoms in total. The Bertz CT molecular complexity index is 585. The number of aryl methyl sites for hydroxylation is 1. The Balaban J connectivity index is 1.60. The number of rotatable bonds is 5. The fourth-order valence-electron chi connectivity index (χ4n) is 2.98. The van der Waals surface area contributed by atoms with Crippen molar-refractivity contribution in [1.82, 2.24) is 25.1 Å². The molecule has 2 aromatic heterocycles. The average Bonchev–Trinajstić information content (AvgIpc) is 2.98. The molecular formula is C16H22N6. The zero-order valence-corrected chi connectivity index (χ0v) is 13.2. The fraction of sp³-hybridized carbons (Fsp3) is 0.500. The first-order chi connectivity index (χ1) is 10.7. The molecule has 0 saturated carbocycles. The lowest BCUT2D eigenvalue weighted by Crippen LogP contribution is -2.39. The van der Waals surface area contributed by atoms with Crippen LogP contribution in [0.2, 0.25) is 0 Å². The van der Waals surface area contributed by atoms with Crippen molar-refractivity contribution in [2.24, 2.45) is 0 Å². The third-order valence-corrected chi connectivity index (χ3v) is 4.02. The number of aromatic nitrogens is 4. The molecule has 3 rings (SSSR count). The van der Waals surface area contributed by atoms with E-state index in [0.717, 1.165) is 36.8 Å². The molecule has 0 aliphatic carbocycles. The molecule has 0 amide bonds. The summed E-state index contributed by atoms with van der Waals surface area (Å²) in [4.78, 5) is 13.4. The SMILES string of the molecule is Cc1cnc(CN(C)CC2CCCN2c2cccnn2)cn1. The minimum Gasteiger partial charge on any atom is -0.351 e. The second-order valence-electron chi connectivity index (χ2n) is 5.92. The van der Waals surface area contributed by atoms with Crippen molar-refractivity contribution < 1.29 is 0 Å². The molecule has 0 spiro atoms. The van der Waals surface area contributed by atoms with Gasteiger partial charge in [0.05, 0.1) is 11.4 Å². The summed E-state index contributed by atoms with van der Waals surface area (Å²) < 4.78 is 0. The first-order valence-electron chi connectivity index (χ1n) is 7.73. The van der Waals surface area contributed by atoms with Crippen LogP contribution in [0.4, 0.5) is 5.82 Å². The highest BCUT2D eigenvalue weighted by Gasteiger charge is 2.26. The van der Waals surface area contributed by atoms with Crippen molar-refractivity contribution >= 4 is 5.82 Å². The molecule has 2 aromatic rings. The molecule has 0 N–H and O–H groups in total. The van der Waals surface area contributed by atoms with Crippen molar-refractivity contribution in [3.63, 3.8) is 0 Å². The molecule has 22 heavy (non-hydrogen) atoms. The third-order valence-electron chi connectivity index (χ3n) is 4.02. The molecule has 3 heterocycles. The molecule has 116 valence electrons. The smallest absolute Gasteiger partial charge is 0.151 e. The highest BCUT2D eigenvalue weighted by Crippen LogP contribution is 2.23. The lowest BCUT2D eigenvalue weighted by atomic mass is 10.2. The minimum atomic E-state index is 0.486. The number of nitrogens with zero attached hydrogens (tertiary/aromatic N) is 6. The third kappa shape index (κ3) is 3.57. The van der Waals surface area contributed by atoms with Crippen LogP contribution in [-0.4, -0.2) is 51.2 Å². The van der Waals surface area contributed by atoms with Crippen molar-refractivity contribution in [3.05, 3.63) is 42.1 Å². The maximum absolute atomic E-state index is 4.43. The molecule has 1 saturated heterocycles. The zero-order chi connectivity index (χ0) is 15.4. The normalized spacial score (nSPS) is 18.1. The Morgan fingerprint density at radius 3 is 2.95 bits per heavy atom. The van der Waals surface area contributed by atoms with Crippen LogP contribution in [0.1, 0.15) is 24.2 Å². The number of likely N-dealkylation sites (N-methyl/N-ethyl adjacent to an activating group) is 1. The summed E-state index contributed by atoms with van der Waals surface area (Å²) in [5.74, 6) is 0.980. The maximum atomic E-state index is 4.43. The first kappa shape index (κ1) is 14.8. The van der Waals surface area contributed by atoms with Crippen LogP contribution in [0, 0.1) is 6.92 Å². The van der Waals surface area contributed by atoms with E-state index in [0.29, 0.717) is 6.04 Å². The Morgan fingerprint density at radius 2 is 2.23 bits per heavy atom. The molecule has 1 fully saturated rings. The molecular weight excluding hydrogens is 276 g/mol. The summed E-state index contributed by atoms with van der Waals surface area (Å²) in [6, 6.07) is 4.47. The number of hydrogen-bond acceptors (Lipinski definition) is 6. The van der Waals surface area contributed by atoms with Crippen molar-refractivity contribution in [3.8, 4) is 0 Å². The molecule has 0 bridgehead atoms. The summed E-state index contributed by atoms with van der Waals surface area (Å²) in [6.45, 7) is 4.82. The van der Waals surface area contributed by atoms with Gasteiger partial charge in [-0.1, -0.05) is 0 Å². The molecule has 1 atom stereocenters. The van der Waals surface area contributed by atoms with Gasteiger partial charge < -0.3 is 4.90 Å². The van der Waals surface area contributed by atoms with E-state index in [1.807, 2.05) is 31.5 Å². The second kappa shape index (κ2) is 6.79. The quantitative estimate of drug-likeness (QED) is 0.837. The van der Waals surface area contributed by atoms with Gasteiger partial charge in [-0.15, -0.1) is 5.10 Å². The summed E-state index contributed by atoms with van der Waals surface area (Å²) in [5, 5.41) is 8.24. The van der Waals surface area contributed by atoms with Crippen LogP contribution >= 0.6 is 0 Å². The predicted molar refractivity (Wildman–Crippen MR) is 85.5 cm³/mol. The van der Waals surface area contributed by atoms with Crippen molar-refractivity contribution in [2.45, 2.75) is 32.4 Å². The average molecular weight is 298 g/mol. The number of hydrogen-bond donors (Lipinski definition) is 0. The first-order valence-corrected chi connectivity index (χ1v) is 7.73. The van der Waals surface area contributed by atoms with Gasteiger partial charge in [-0.25, -0.2) is 0 Å². The topological polar surface area (TPSA) is 58.0 Å². The van der Waals surface area contributed by atoms with Crippen LogP contribution in [0.3, 0.4) is 0 Å². The van der Waals surface area contributed by atoms with E-state index in [2.05, 4.69) is 37.0 Å². The Hall–Kier alpha value is -2.08. The van der Waals surface area contributed by atoms with Crippen LogP contribution in [0.25, 0.3) is 0 Å². The van der Waals surface area contributed by atoms with E-state index in [9.17, 15) is 0 Å². The molecule has 0 aromatic carbocycles. The van der Waals surface area contributed by atoms with Gasteiger partial charge in [-0.3, -0.25) is 14.9 Å². The summed E-state index contributed by atoms with van der Waals surface area (Å²) in [6.07, 6.45) is 7.81. The van der Waals surface area contributed by atoms with Crippen molar-refractivity contribution in [2.75, 3.05) is 25.0 Å². The van der Waals surface area contributed by atoms with E-state index < -0.39 is 0 Å². The monoisotopic (exact) mass is 298 g/mol. The predicted octanol–water partition coefficient (Wildman–Crippen LogP) is 1.68. The Labute approximate surface area is 131 Å². The van der Waals surface area contributed by atoms with E-state index in [4.69, 9.17) is 0 Å². The highest BCUT2D eigenvalue weighted by molar-refractivity contribution is 5.39. The summed E-state index contributed by atoms with van der Waals surface area (Å²) in [5.41, 5.74) is 1.97. The van der Waals surface area contributed by atoms with Gasteiger partial charge in [-0.2, -0.15) is 5.10 Å². The van der Waals surface area contributed by atoms with Crippen LogP contribution in [-0.2, 0) is 6.54 Å². The van der Waals surface area contributed by atoms with Gasteiger partial charge in [0.1, 0.15) is 0 Å². The van der Waals surface area contributed by atoms with E-state index in [1.165, 1.54) is 12.8 Å². The largest absolute Gasteiger partial charge is 0.351 e. The van der Waals surface area contributed by atoms with E-state index in [-0.39, 0.29) is 0 Å². The summed E-state index contributed by atoms with van der Waals surface area (Å²) >= 11 is 0. The minimum absolute atomic E-state index is 0.486. The van der Waals surface area contributed by atoms with Crippen LogP contribution in [0.5, 0.6) is 0 Å². The highest BCUT2D eigenvalue weighted by atomic mass is 15.3. The van der Waals surface area contributed by atoms with Crippen LogP contribution < -0.4 is 4.90 Å². The number of anilines is 1. The molecule has 1 unspecified atom stereocenters. The van der Waals surface area contributed by atoms with Crippen LogP contribution in [0.15, 0.2) is 30.7 Å². The van der Waals surface area contributed by atoms with Gasteiger partial charge in [0, 0.05) is 44.3 Å². The van der Waals surface area contributed by atoms with Gasteiger partial charge in [-0.05, 0) is 38.9 Å². The standard InChI is InChI=1S/C16H22N6/c1-13-9-18-14(10-17-13)11-21(2)12-15-5-4-8-22(15)16-6-3-7-19-20-16/h3,6-7,9-10,15H,4-5,8,11-12H2,1-2H3. The van der Waals surface area contributed by atoms with Gasteiger partial charge in [0.15, 0.2) is 5.82 Å². The van der Waals surface area contributed by atoms with Gasteiger partial charge >= 0.3 is 0 Å². The molecule has 1 aliphatic heterocycles. The zero-order valence-electron chi connectivity index (χ0n) is 13.2. The fourth-order valence-corrected chi connectivity index (χ4v) is 2.98. The van der Waals surface area contributed by atoms with Gasteiger partial charge in [0.2, 0.25) is 0 Å². The van der Waals surface area contributed by atoms with E-state index >= 15 is 0 Å². The van der Waals surface area contributed by atoms with E-state index in [1.54, 1.807) is 6.20 Å². The molecule has 0 radical (unpaired) electrons. The molecule has 6 heteroatoms. The summed E-state index contributed by atoms with van der Waals surface area (Å²) in [7, 11) is 2.13.